The van der Waals surface area contributed by atoms with Gasteiger partial charge in [0.05, 0.1) is 21.5 Å². The van der Waals surface area contributed by atoms with Crippen molar-refractivity contribution in [2.75, 3.05) is 50.0 Å². The van der Waals surface area contributed by atoms with E-state index in [2.05, 4.69) is 24.7 Å². The lowest BCUT2D eigenvalue weighted by atomic mass is 9.95. The van der Waals surface area contributed by atoms with Gasteiger partial charge in [-0.15, -0.1) is 0 Å². The Bertz CT molecular complexity index is 1590. The fourth-order valence-corrected chi connectivity index (χ4v) is 7.06. The highest BCUT2D eigenvalue weighted by Crippen LogP contribution is 2.44. The number of halogens is 6. The van der Waals surface area contributed by atoms with Gasteiger partial charge in [-0.1, -0.05) is 11.6 Å². The zero-order valence-electron chi connectivity index (χ0n) is 23.1. The van der Waals surface area contributed by atoms with Crippen LogP contribution < -0.4 is 15.4 Å². The molecule has 2 N–H and O–H groups in total. The number of anilines is 2. The maximum Gasteiger partial charge on any atom is 0.418 e. The lowest BCUT2D eigenvalue weighted by Crippen LogP contribution is -2.43. The highest BCUT2D eigenvalue weighted by molar-refractivity contribution is 6.32. The van der Waals surface area contributed by atoms with E-state index < -0.39 is 45.5 Å². The molecule has 228 valence electrons. The number of hydrogen-bond donors (Lipinski definition) is 1. The van der Waals surface area contributed by atoms with Crippen LogP contribution in [-0.4, -0.2) is 70.9 Å². The van der Waals surface area contributed by atoms with E-state index in [1.165, 1.54) is 6.20 Å². The smallest absolute Gasteiger partial charge is 0.418 e. The average Bonchev–Trinajstić information content (AvgIpc) is 3.47. The number of aromatic nitrogens is 3. The molecule has 8 nitrogen and oxygen atoms in total. The van der Waals surface area contributed by atoms with E-state index in [-0.39, 0.29) is 35.1 Å². The highest BCUT2D eigenvalue weighted by atomic mass is 35.5. The van der Waals surface area contributed by atoms with E-state index in [1.807, 2.05) is 4.90 Å². The molecule has 0 amide bonds. The second-order valence-corrected chi connectivity index (χ2v) is 12.0. The van der Waals surface area contributed by atoms with Gasteiger partial charge >= 0.3 is 12.2 Å². The Morgan fingerprint density at radius 3 is 2.67 bits per heavy atom. The monoisotopic (exact) mass is 621 g/mol. The first kappa shape index (κ1) is 29.6. The topological polar surface area (TPSA) is 84.8 Å². The van der Waals surface area contributed by atoms with Gasteiger partial charge in [-0.2, -0.15) is 23.1 Å². The molecule has 6 rings (SSSR count). The quantitative estimate of drug-likeness (QED) is 0.200. The third kappa shape index (κ3) is 5.51. The largest absolute Gasteiger partial charge is 0.461 e. The van der Waals surface area contributed by atoms with Crippen molar-refractivity contribution in [3.05, 3.63) is 46.2 Å². The van der Waals surface area contributed by atoms with Gasteiger partial charge in [0.15, 0.2) is 5.82 Å². The van der Waals surface area contributed by atoms with Crippen LogP contribution in [0.4, 0.5) is 33.5 Å². The Morgan fingerprint density at radius 1 is 1.19 bits per heavy atom. The standard InChI is InChI=1S/C29H29ClF5N7O/c1-37-12-16-3-7-41(8-4-16)26-20-13-38-24(19-9-18(36)10-21(30)22(19)29(33,34)35)23(32)25(20)39-27(40-26)43-15-28-5-2-6-42(28)14-17(31)11-28/h9-10,13,16-17H,2-8,11-12,14-15,36H2/t17-,28+/m1/s1. The van der Waals surface area contributed by atoms with E-state index in [1.54, 1.807) is 0 Å². The molecule has 3 saturated heterocycles. The lowest BCUT2D eigenvalue weighted by Gasteiger charge is -2.32. The van der Waals surface area contributed by atoms with Gasteiger partial charge in [-0.05, 0) is 44.4 Å². The normalized spacial score (nSPS) is 23.1. The van der Waals surface area contributed by atoms with Crippen molar-refractivity contribution in [2.24, 2.45) is 5.92 Å². The van der Waals surface area contributed by atoms with E-state index in [4.69, 9.17) is 28.6 Å². The van der Waals surface area contributed by atoms with Gasteiger partial charge in [0, 0.05) is 49.4 Å². The summed E-state index contributed by atoms with van der Waals surface area (Å²) in [5.41, 5.74) is 2.44. The second-order valence-electron chi connectivity index (χ2n) is 11.6. The number of fused-ring (bicyclic) bond motifs is 2. The average molecular weight is 622 g/mol. The minimum Gasteiger partial charge on any atom is -0.461 e. The van der Waals surface area contributed by atoms with E-state index >= 15 is 4.39 Å². The maximum absolute atomic E-state index is 16.3. The fraction of sp³-hybridized carbons (Fsp3) is 0.517. The van der Waals surface area contributed by atoms with Crippen molar-refractivity contribution in [3.8, 4) is 17.3 Å². The zero-order chi connectivity index (χ0) is 30.5. The minimum absolute atomic E-state index is 0.0907. The molecule has 1 aromatic carbocycles. The number of nitrogen functional groups attached to an aromatic ring is 1. The molecular formula is C29H29ClF5N7O. The molecule has 43 heavy (non-hydrogen) atoms. The van der Waals surface area contributed by atoms with E-state index in [0.29, 0.717) is 51.3 Å². The summed E-state index contributed by atoms with van der Waals surface area (Å²) in [7, 11) is 0. The predicted molar refractivity (Wildman–Crippen MR) is 152 cm³/mol. The molecule has 2 aromatic heterocycles. The first-order chi connectivity index (χ1) is 20.5. The summed E-state index contributed by atoms with van der Waals surface area (Å²) in [4.78, 5) is 20.5. The summed E-state index contributed by atoms with van der Waals surface area (Å²) in [6.07, 6.45) is -1.28. The number of nitrogens with zero attached hydrogens (tertiary/aromatic N) is 6. The Labute approximate surface area is 249 Å². The van der Waals surface area contributed by atoms with Crippen molar-refractivity contribution in [1.29, 1.82) is 0 Å². The van der Waals surface area contributed by atoms with Gasteiger partial charge in [0.1, 0.15) is 29.8 Å². The second kappa shape index (κ2) is 11.2. The van der Waals surface area contributed by atoms with E-state index in [0.717, 1.165) is 31.5 Å². The van der Waals surface area contributed by atoms with E-state index in [9.17, 15) is 17.6 Å². The molecule has 0 unspecified atom stereocenters. The van der Waals surface area contributed by atoms with Crippen LogP contribution in [0.15, 0.2) is 18.3 Å². The Morgan fingerprint density at radius 2 is 1.95 bits per heavy atom. The number of pyridine rings is 1. The number of rotatable bonds is 6. The number of benzene rings is 1. The molecule has 0 aliphatic carbocycles. The molecular weight excluding hydrogens is 593 g/mol. The fourth-order valence-electron chi connectivity index (χ4n) is 6.72. The van der Waals surface area contributed by atoms with Crippen LogP contribution in [-0.2, 0) is 6.18 Å². The molecule has 5 heterocycles. The van der Waals surface area contributed by atoms with Crippen molar-refractivity contribution in [3.63, 3.8) is 0 Å². The van der Waals surface area contributed by atoms with Crippen molar-refractivity contribution >= 4 is 34.0 Å². The van der Waals surface area contributed by atoms with Gasteiger partial charge < -0.3 is 20.2 Å². The van der Waals surface area contributed by atoms with Crippen LogP contribution in [0, 0.1) is 18.3 Å². The first-order valence-electron chi connectivity index (χ1n) is 14.1. The minimum atomic E-state index is -4.91. The summed E-state index contributed by atoms with van der Waals surface area (Å²) in [6.45, 7) is 9.80. The molecule has 0 saturated carbocycles. The Hall–Kier alpha value is -3.50. The molecule has 3 aromatic rings. The van der Waals surface area contributed by atoms with Gasteiger partial charge in [-0.3, -0.25) is 9.88 Å². The summed E-state index contributed by atoms with van der Waals surface area (Å²) in [5, 5.41) is -0.479. The summed E-state index contributed by atoms with van der Waals surface area (Å²) >= 11 is 5.93. The molecule has 14 heteroatoms. The molecule has 3 fully saturated rings. The first-order valence-corrected chi connectivity index (χ1v) is 14.5. The van der Waals surface area contributed by atoms with Crippen molar-refractivity contribution < 1.29 is 26.7 Å². The number of piperidine rings is 1. The Balaban J connectivity index is 1.44. The van der Waals surface area contributed by atoms with Crippen LogP contribution in [0.5, 0.6) is 6.01 Å². The number of nitrogens with two attached hydrogens (primary N) is 1. The molecule has 0 radical (unpaired) electrons. The Kier molecular flexibility index (Phi) is 7.71. The SMILES string of the molecule is [C-]#[N+]CC1CCN(c2nc(OC[C@@]34CCCN3C[C@H](F)C4)nc3c(F)c(-c4cc(N)cc(Cl)c4C(F)(F)F)ncc23)CC1. The van der Waals surface area contributed by atoms with Crippen molar-refractivity contribution in [1.82, 2.24) is 19.9 Å². The highest BCUT2D eigenvalue weighted by Gasteiger charge is 2.49. The zero-order valence-corrected chi connectivity index (χ0v) is 23.9. The predicted octanol–water partition coefficient (Wildman–Crippen LogP) is 6.18. The van der Waals surface area contributed by atoms with Gasteiger partial charge in [0.25, 0.3) is 0 Å². The maximum atomic E-state index is 16.3. The van der Waals surface area contributed by atoms with Crippen molar-refractivity contribution in [2.45, 2.75) is 50.0 Å². The van der Waals surface area contributed by atoms with Gasteiger partial charge in [0.2, 0.25) is 6.54 Å². The molecule has 3 aliphatic rings. The van der Waals surface area contributed by atoms with Gasteiger partial charge in [-0.25, -0.2) is 15.4 Å². The summed E-state index contributed by atoms with van der Waals surface area (Å²) < 4.78 is 78.8. The third-order valence-electron chi connectivity index (χ3n) is 8.79. The van der Waals surface area contributed by atoms with Crippen LogP contribution in [0.3, 0.4) is 0 Å². The molecule has 0 bridgehead atoms. The van der Waals surface area contributed by atoms with Crippen LogP contribution in [0.1, 0.15) is 37.7 Å². The van der Waals surface area contributed by atoms with Crippen LogP contribution in [0.2, 0.25) is 5.02 Å². The summed E-state index contributed by atoms with van der Waals surface area (Å²) in [6, 6.07) is 1.77. The lowest BCUT2D eigenvalue weighted by molar-refractivity contribution is -0.137. The van der Waals surface area contributed by atoms with Crippen LogP contribution in [0.25, 0.3) is 27.0 Å². The number of ether oxygens (including phenoxy) is 1. The number of hydrogen-bond acceptors (Lipinski definition) is 7. The van der Waals surface area contributed by atoms with Crippen LogP contribution >= 0.6 is 11.6 Å². The number of alkyl halides is 4. The summed E-state index contributed by atoms with van der Waals surface area (Å²) in [5.74, 6) is -0.556. The molecule has 3 aliphatic heterocycles. The third-order valence-corrected chi connectivity index (χ3v) is 9.09. The molecule has 2 atom stereocenters. The molecule has 0 spiro atoms.